The highest BCUT2D eigenvalue weighted by molar-refractivity contribution is 8.00. The van der Waals surface area contributed by atoms with Gasteiger partial charge in [-0.2, -0.15) is 0 Å². The van der Waals surface area contributed by atoms with Gasteiger partial charge in [0, 0.05) is 40.4 Å². The van der Waals surface area contributed by atoms with E-state index in [1.54, 1.807) is 17.8 Å². The van der Waals surface area contributed by atoms with Crippen LogP contribution in [-0.4, -0.2) is 28.9 Å². The number of amides is 1. The molecule has 1 aliphatic heterocycles. The van der Waals surface area contributed by atoms with E-state index >= 15 is 0 Å². The third-order valence-corrected chi connectivity index (χ3v) is 5.76. The topological polar surface area (TPSA) is 36.1 Å². The van der Waals surface area contributed by atoms with Crippen LogP contribution < -0.4 is 0 Å². The number of aromatic amines is 1. The Balaban J connectivity index is 2.22. The molecular formula is C20H22N2OS. The van der Waals surface area contributed by atoms with Crippen LogP contribution in [-0.2, 0) is 4.79 Å². The largest absolute Gasteiger partial charge is 0.354 e. The zero-order valence-corrected chi connectivity index (χ0v) is 15.0. The van der Waals surface area contributed by atoms with E-state index in [1.807, 2.05) is 37.0 Å². The van der Waals surface area contributed by atoms with E-state index in [1.165, 1.54) is 0 Å². The molecule has 0 spiro atoms. The van der Waals surface area contributed by atoms with Gasteiger partial charge >= 0.3 is 0 Å². The predicted octanol–water partition coefficient (Wildman–Crippen LogP) is 4.98. The molecule has 3 nitrogen and oxygen atoms in total. The number of benzene rings is 1. The van der Waals surface area contributed by atoms with Gasteiger partial charge in [0.05, 0.1) is 5.69 Å². The number of hydrogen-bond donors (Lipinski definition) is 1. The summed E-state index contributed by atoms with van der Waals surface area (Å²) in [5.74, 6) is 0.151. The molecule has 0 radical (unpaired) electrons. The van der Waals surface area contributed by atoms with Gasteiger partial charge in [0.25, 0.3) is 0 Å². The number of thioether (sulfide) groups is 1. The van der Waals surface area contributed by atoms with Crippen molar-refractivity contribution in [3.63, 3.8) is 0 Å². The molecular weight excluding hydrogens is 316 g/mol. The molecule has 3 rings (SSSR count). The van der Waals surface area contributed by atoms with Crippen molar-refractivity contribution in [2.75, 3.05) is 13.1 Å². The summed E-state index contributed by atoms with van der Waals surface area (Å²) in [5, 5.41) is -0.257. The fourth-order valence-corrected chi connectivity index (χ4v) is 4.57. The summed E-state index contributed by atoms with van der Waals surface area (Å²) in [6, 6.07) is 8.21. The summed E-state index contributed by atoms with van der Waals surface area (Å²) in [4.78, 5) is 19.6. The number of nitrogens with one attached hydrogen (secondary N) is 1. The summed E-state index contributed by atoms with van der Waals surface area (Å²) in [5.41, 5.74) is 5.08. The van der Waals surface area contributed by atoms with Gasteiger partial charge in [-0.05, 0) is 26.0 Å². The molecule has 1 aromatic carbocycles. The van der Waals surface area contributed by atoms with Crippen molar-refractivity contribution in [3.05, 3.63) is 54.2 Å². The molecule has 1 atom stereocenters. The smallest absolute Gasteiger partial charge is 0.240 e. The molecule has 1 N–H and O–H groups in total. The maximum absolute atomic E-state index is 13.1. The number of rotatable bonds is 5. The molecule has 2 aromatic rings. The van der Waals surface area contributed by atoms with E-state index in [9.17, 15) is 4.79 Å². The van der Waals surface area contributed by atoms with E-state index in [2.05, 4.69) is 30.3 Å². The fourth-order valence-electron chi connectivity index (χ4n) is 3.25. The molecule has 1 aromatic heterocycles. The lowest BCUT2D eigenvalue weighted by Crippen LogP contribution is -2.34. The van der Waals surface area contributed by atoms with Crippen molar-refractivity contribution in [3.8, 4) is 11.3 Å². The van der Waals surface area contributed by atoms with Crippen LogP contribution in [0.3, 0.4) is 0 Å². The maximum atomic E-state index is 13.1. The van der Waals surface area contributed by atoms with E-state index in [0.29, 0.717) is 13.1 Å². The lowest BCUT2D eigenvalue weighted by Gasteiger charge is -2.29. The summed E-state index contributed by atoms with van der Waals surface area (Å²) in [6.45, 7) is 13.3. The number of likely N-dealkylation sites (N-methyl/N-ethyl adjacent to an activating group) is 1. The second kappa shape index (κ2) is 6.73. The van der Waals surface area contributed by atoms with Gasteiger partial charge in [-0.15, -0.1) is 11.8 Å². The van der Waals surface area contributed by atoms with Gasteiger partial charge in [0.2, 0.25) is 5.91 Å². The number of carbonyl (C=O) groups excluding carboxylic acids is 1. The summed E-state index contributed by atoms with van der Waals surface area (Å²) in [7, 11) is 0. The lowest BCUT2D eigenvalue weighted by molar-refractivity contribution is -0.130. The lowest BCUT2D eigenvalue weighted by atomic mass is 9.99. The predicted molar refractivity (Wildman–Crippen MR) is 103 cm³/mol. The summed E-state index contributed by atoms with van der Waals surface area (Å²) >= 11 is 1.63. The van der Waals surface area contributed by atoms with Gasteiger partial charge < -0.3 is 9.88 Å². The van der Waals surface area contributed by atoms with Gasteiger partial charge in [-0.1, -0.05) is 37.4 Å². The van der Waals surface area contributed by atoms with Gasteiger partial charge in [-0.25, -0.2) is 0 Å². The standard InChI is InChI=1S/C20H22N2OS/c1-5-13-15(6-2)21-18-14-11-9-10-12-16(14)24-19(17(13)18)20(23)22(7-3)8-4/h5-6,9-12,19,21H,1-2,7-8H2,3-4H3. The van der Waals surface area contributed by atoms with Crippen molar-refractivity contribution in [1.29, 1.82) is 0 Å². The van der Waals surface area contributed by atoms with Gasteiger partial charge in [-0.3, -0.25) is 4.79 Å². The Morgan fingerprint density at radius 1 is 1.25 bits per heavy atom. The molecule has 0 saturated heterocycles. The van der Waals surface area contributed by atoms with E-state index < -0.39 is 0 Å². The second-order valence-corrected chi connectivity index (χ2v) is 6.80. The van der Waals surface area contributed by atoms with E-state index in [-0.39, 0.29) is 11.2 Å². The third-order valence-electron chi connectivity index (χ3n) is 4.48. The molecule has 1 amide bonds. The molecule has 1 unspecified atom stereocenters. The van der Waals surface area contributed by atoms with Crippen molar-refractivity contribution < 1.29 is 4.79 Å². The molecule has 0 fully saturated rings. The number of hydrogen-bond acceptors (Lipinski definition) is 2. The molecule has 0 saturated carbocycles. The molecule has 124 valence electrons. The Morgan fingerprint density at radius 3 is 2.58 bits per heavy atom. The first kappa shape index (κ1) is 16.7. The Hall–Kier alpha value is -2.20. The van der Waals surface area contributed by atoms with Crippen molar-refractivity contribution in [2.24, 2.45) is 0 Å². The highest BCUT2D eigenvalue weighted by atomic mass is 32.2. The highest BCUT2D eigenvalue weighted by Gasteiger charge is 2.36. The van der Waals surface area contributed by atoms with Crippen molar-refractivity contribution in [2.45, 2.75) is 24.0 Å². The molecule has 4 heteroatoms. The van der Waals surface area contributed by atoms with E-state index in [4.69, 9.17) is 0 Å². The van der Waals surface area contributed by atoms with Crippen LogP contribution in [0, 0.1) is 0 Å². The molecule has 1 aliphatic rings. The minimum atomic E-state index is -0.257. The summed E-state index contributed by atoms with van der Waals surface area (Å²) in [6.07, 6.45) is 3.62. The zero-order chi connectivity index (χ0) is 17.3. The van der Waals surface area contributed by atoms with E-state index in [0.717, 1.165) is 33.0 Å². The fraction of sp³-hybridized carbons (Fsp3) is 0.250. The van der Waals surface area contributed by atoms with Crippen molar-refractivity contribution >= 4 is 29.8 Å². The number of carbonyl (C=O) groups is 1. The highest BCUT2D eigenvalue weighted by Crippen LogP contribution is 2.51. The SMILES string of the molecule is C=Cc1[nH]c2c(c1C=C)C(C(=O)N(CC)CC)Sc1ccccc1-2. The molecule has 0 bridgehead atoms. The Bertz CT molecular complexity index is 802. The number of aromatic nitrogens is 1. The van der Waals surface area contributed by atoms with Crippen LogP contribution in [0.4, 0.5) is 0 Å². The van der Waals surface area contributed by atoms with Crippen LogP contribution in [0.5, 0.6) is 0 Å². The van der Waals surface area contributed by atoms with Crippen LogP contribution in [0.15, 0.2) is 42.3 Å². The van der Waals surface area contributed by atoms with Crippen LogP contribution in [0.1, 0.15) is 35.9 Å². The first-order chi connectivity index (χ1) is 11.7. The normalized spacial score (nSPS) is 15.3. The second-order valence-electron chi connectivity index (χ2n) is 5.65. The number of fused-ring (bicyclic) bond motifs is 3. The first-order valence-corrected chi connectivity index (χ1v) is 9.09. The summed E-state index contributed by atoms with van der Waals surface area (Å²) < 4.78 is 0. The number of nitrogens with zero attached hydrogens (tertiary/aromatic N) is 1. The Kier molecular flexibility index (Phi) is 4.67. The maximum Gasteiger partial charge on any atom is 0.240 e. The molecule has 0 aliphatic carbocycles. The monoisotopic (exact) mass is 338 g/mol. The third kappa shape index (κ3) is 2.51. The van der Waals surface area contributed by atoms with Crippen LogP contribution in [0.25, 0.3) is 23.4 Å². The molecule has 2 heterocycles. The average Bonchev–Trinajstić information content (AvgIpc) is 3.00. The quantitative estimate of drug-likeness (QED) is 0.834. The minimum absolute atomic E-state index is 0.151. The molecule has 24 heavy (non-hydrogen) atoms. The Labute approximate surface area is 147 Å². The number of H-pyrrole nitrogens is 1. The van der Waals surface area contributed by atoms with Crippen LogP contribution in [0.2, 0.25) is 0 Å². The van der Waals surface area contributed by atoms with Crippen LogP contribution >= 0.6 is 11.8 Å². The zero-order valence-electron chi connectivity index (χ0n) is 14.1. The average molecular weight is 338 g/mol. The van der Waals surface area contributed by atoms with Crippen molar-refractivity contribution in [1.82, 2.24) is 9.88 Å². The minimum Gasteiger partial charge on any atom is -0.354 e. The van der Waals surface area contributed by atoms with Gasteiger partial charge in [0.1, 0.15) is 5.25 Å². The van der Waals surface area contributed by atoms with Gasteiger partial charge in [0.15, 0.2) is 0 Å². The first-order valence-electron chi connectivity index (χ1n) is 8.21. The Morgan fingerprint density at radius 2 is 1.96 bits per heavy atom.